The van der Waals surface area contributed by atoms with Gasteiger partial charge in [0.1, 0.15) is 0 Å². The van der Waals surface area contributed by atoms with E-state index in [-0.39, 0.29) is 22.9 Å². The monoisotopic (exact) mass is 216 g/mol. The smallest absolute Gasteiger partial charge is 0.232 e. The van der Waals surface area contributed by atoms with Crippen molar-refractivity contribution in [3.63, 3.8) is 0 Å². The van der Waals surface area contributed by atoms with E-state index in [1.807, 2.05) is 6.92 Å². The van der Waals surface area contributed by atoms with Gasteiger partial charge in [-0.3, -0.25) is 4.79 Å². The van der Waals surface area contributed by atoms with Gasteiger partial charge in [-0.2, -0.15) is 0 Å². The van der Waals surface area contributed by atoms with Gasteiger partial charge in [-0.15, -0.1) is 0 Å². The van der Waals surface area contributed by atoms with Gasteiger partial charge in [0.05, 0.1) is 10.9 Å². The van der Waals surface area contributed by atoms with Gasteiger partial charge in [-0.25, -0.2) is 0 Å². The largest absolute Gasteiger partial charge is 0.393 e. The fourth-order valence-corrected chi connectivity index (χ4v) is 1.18. The molecule has 0 aliphatic heterocycles. The van der Waals surface area contributed by atoms with Crippen LogP contribution in [0.4, 0.5) is 0 Å². The predicted octanol–water partition coefficient (Wildman–Crippen LogP) is 1.41. The Labute approximate surface area is 91.6 Å². The number of hydrogen-bond donors (Lipinski definition) is 1. The Bertz CT molecular complexity index is 228. The van der Waals surface area contributed by atoms with E-state index in [1.165, 1.54) is 0 Å². The molecule has 0 spiro atoms. The molecule has 14 heavy (non-hydrogen) atoms. The lowest BCUT2D eigenvalue weighted by molar-refractivity contribution is -0.134. The van der Waals surface area contributed by atoms with Gasteiger partial charge in [0.15, 0.2) is 0 Å². The summed E-state index contributed by atoms with van der Waals surface area (Å²) in [6.45, 7) is 7.93. The van der Waals surface area contributed by atoms with Crippen molar-refractivity contribution in [3.05, 3.63) is 0 Å². The minimum atomic E-state index is -0.365. The van der Waals surface area contributed by atoms with E-state index < -0.39 is 0 Å². The molecular formula is C10H20N2OS. The second-order valence-electron chi connectivity index (χ2n) is 4.06. The summed E-state index contributed by atoms with van der Waals surface area (Å²) in [5.74, 6) is 0.0670. The van der Waals surface area contributed by atoms with E-state index in [0.717, 1.165) is 0 Å². The number of thiocarbonyl (C=S) groups is 1. The molecule has 0 aliphatic carbocycles. The Morgan fingerprint density at radius 2 is 1.71 bits per heavy atom. The van der Waals surface area contributed by atoms with Crippen LogP contribution in [0.3, 0.4) is 0 Å². The standard InChI is InChI=1S/C10H20N2OS/c1-6(2)8(4)12(5)10(13)7(3)9(11)14/h6-8H,1-5H3,(H2,11,14). The molecule has 0 radical (unpaired) electrons. The Morgan fingerprint density at radius 1 is 1.29 bits per heavy atom. The van der Waals surface area contributed by atoms with Crippen LogP contribution in [0.5, 0.6) is 0 Å². The second-order valence-corrected chi connectivity index (χ2v) is 4.53. The van der Waals surface area contributed by atoms with Gasteiger partial charge in [-0.1, -0.05) is 26.1 Å². The highest BCUT2D eigenvalue weighted by atomic mass is 32.1. The van der Waals surface area contributed by atoms with Gasteiger partial charge in [0.25, 0.3) is 0 Å². The van der Waals surface area contributed by atoms with Crippen LogP contribution >= 0.6 is 12.2 Å². The fourth-order valence-electron chi connectivity index (χ4n) is 1.08. The molecule has 3 nitrogen and oxygen atoms in total. The molecule has 0 aromatic heterocycles. The van der Waals surface area contributed by atoms with Gasteiger partial charge in [-0.05, 0) is 19.8 Å². The third-order valence-corrected chi connectivity index (χ3v) is 3.07. The first-order valence-corrected chi connectivity index (χ1v) is 5.25. The Balaban J connectivity index is 4.46. The predicted molar refractivity (Wildman–Crippen MR) is 63.0 cm³/mol. The Hall–Kier alpha value is -0.640. The zero-order valence-electron chi connectivity index (χ0n) is 9.57. The lowest BCUT2D eigenvalue weighted by atomic mass is 10.0. The minimum Gasteiger partial charge on any atom is -0.393 e. The second kappa shape index (κ2) is 5.29. The molecule has 0 aromatic rings. The summed E-state index contributed by atoms with van der Waals surface area (Å²) >= 11 is 4.80. The first-order chi connectivity index (χ1) is 6.29. The van der Waals surface area contributed by atoms with Crippen LogP contribution in [-0.2, 0) is 4.79 Å². The molecule has 0 saturated heterocycles. The molecule has 0 aromatic carbocycles. The average Bonchev–Trinajstić information content (AvgIpc) is 2.12. The molecule has 0 fully saturated rings. The molecule has 2 unspecified atom stereocenters. The van der Waals surface area contributed by atoms with E-state index in [4.69, 9.17) is 18.0 Å². The van der Waals surface area contributed by atoms with Crippen molar-refractivity contribution in [1.29, 1.82) is 0 Å². The van der Waals surface area contributed by atoms with Crippen LogP contribution in [0.15, 0.2) is 0 Å². The molecule has 0 aliphatic rings. The lowest BCUT2D eigenvalue weighted by Gasteiger charge is -2.30. The maximum atomic E-state index is 11.8. The number of nitrogens with two attached hydrogens (primary N) is 1. The summed E-state index contributed by atoms with van der Waals surface area (Å²) in [5.41, 5.74) is 5.43. The van der Waals surface area contributed by atoms with E-state index >= 15 is 0 Å². The topological polar surface area (TPSA) is 46.3 Å². The quantitative estimate of drug-likeness (QED) is 0.723. The number of rotatable bonds is 4. The molecule has 4 heteroatoms. The first-order valence-electron chi connectivity index (χ1n) is 4.85. The van der Waals surface area contributed by atoms with Gasteiger partial charge in [0, 0.05) is 13.1 Å². The van der Waals surface area contributed by atoms with E-state index in [1.54, 1.807) is 18.9 Å². The number of carbonyl (C=O) groups is 1. The van der Waals surface area contributed by atoms with Crippen molar-refractivity contribution in [2.24, 2.45) is 17.6 Å². The third-order valence-electron chi connectivity index (χ3n) is 2.72. The van der Waals surface area contributed by atoms with E-state index in [0.29, 0.717) is 5.92 Å². The van der Waals surface area contributed by atoms with Crippen LogP contribution < -0.4 is 5.73 Å². The summed E-state index contributed by atoms with van der Waals surface area (Å²) in [4.78, 5) is 13.8. The van der Waals surface area contributed by atoms with Crippen LogP contribution in [0.1, 0.15) is 27.7 Å². The number of nitrogens with zero attached hydrogens (tertiary/aromatic N) is 1. The van der Waals surface area contributed by atoms with Crippen molar-refractivity contribution < 1.29 is 4.79 Å². The van der Waals surface area contributed by atoms with Crippen molar-refractivity contribution in [1.82, 2.24) is 4.90 Å². The lowest BCUT2D eigenvalue weighted by Crippen LogP contribution is -2.44. The van der Waals surface area contributed by atoms with Crippen molar-refractivity contribution >= 4 is 23.1 Å². The fraction of sp³-hybridized carbons (Fsp3) is 0.800. The molecule has 2 N–H and O–H groups in total. The summed E-state index contributed by atoms with van der Waals surface area (Å²) in [5, 5.41) is 0. The third kappa shape index (κ3) is 3.25. The van der Waals surface area contributed by atoms with Crippen molar-refractivity contribution in [2.45, 2.75) is 33.7 Å². The van der Waals surface area contributed by atoms with Crippen LogP contribution in [-0.4, -0.2) is 28.9 Å². The summed E-state index contributed by atoms with van der Waals surface area (Å²) in [6, 6.07) is 0.208. The molecule has 0 bridgehead atoms. The normalized spacial score (nSPS) is 15.0. The summed E-state index contributed by atoms with van der Waals surface area (Å²) < 4.78 is 0. The summed E-state index contributed by atoms with van der Waals surface area (Å²) in [7, 11) is 1.79. The molecule has 2 atom stereocenters. The van der Waals surface area contributed by atoms with Gasteiger partial charge in [0.2, 0.25) is 5.91 Å². The Morgan fingerprint density at radius 3 is 2.00 bits per heavy atom. The molecule has 1 amide bonds. The van der Waals surface area contributed by atoms with Gasteiger partial charge < -0.3 is 10.6 Å². The maximum Gasteiger partial charge on any atom is 0.232 e. The zero-order chi connectivity index (χ0) is 11.5. The maximum absolute atomic E-state index is 11.8. The molecule has 0 rings (SSSR count). The number of amides is 1. The van der Waals surface area contributed by atoms with E-state index in [2.05, 4.69) is 13.8 Å². The molecule has 82 valence electrons. The molecule has 0 heterocycles. The van der Waals surface area contributed by atoms with Gasteiger partial charge >= 0.3 is 0 Å². The van der Waals surface area contributed by atoms with Crippen LogP contribution in [0, 0.1) is 11.8 Å². The highest BCUT2D eigenvalue weighted by molar-refractivity contribution is 7.80. The first kappa shape index (κ1) is 13.4. The summed E-state index contributed by atoms with van der Waals surface area (Å²) in [6.07, 6.45) is 0. The molecular weight excluding hydrogens is 196 g/mol. The number of hydrogen-bond acceptors (Lipinski definition) is 2. The highest BCUT2D eigenvalue weighted by Gasteiger charge is 2.24. The van der Waals surface area contributed by atoms with Crippen LogP contribution in [0.2, 0.25) is 0 Å². The van der Waals surface area contributed by atoms with E-state index in [9.17, 15) is 4.79 Å². The SMILES string of the molecule is CC(C(=O)N(C)C(C)C(C)C)C(N)=S. The van der Waals surface area contributed by atoms with Crippen LogP contribution in [0.25, 0.3) is 0 Å². The minimum absolute atomic E-state index is 0.00120. The van der Waals surface area contributed by atoms with Crippen molar-refractivity contribution in [3.8, 4) is 0 Å². The Kier molecular flexibility index (Phi) is 5.05. The molecule has 0 saturated carbocycles. The van der Waals surface area contributed by atoms with Crippen molar-refractivity contribution in [2.75, 3.05) is 7.05 Å². The number of carbonyl (C=O) groups excluding carboxylic acids is 1. The highest BCUT2D eigenvalue weighted by Crippen LogP contribution is 2.11. The zero-order valence-corrected chi connectivity index (χ0v) is 10.4. The average molecular weight is 216 g/mol.